The van der Waals surface area contributed by atoms with Crippen molar-refractivity contribution in [2.45, 2.75) is 25.9 Å². The molecule has 1 saturated heterocycles. The lowest BCUT2D eigenvalue weighted by Gasteiger charge is -2.32. The fourth-order valence-corrected chi connectivity index (χ4v) is 3.71. The fraction of sp³-hybridized carbons (Fsp3) is 0.391. The number of quaternary nitrogens is 1. The van der Waals surface area contributed by atoms with Crippen molar-refractivity contribution in [3.8, 4) is 0 Å². The molecule has 1 heterocycles. The summed E-state index contributed by atoms with van der Waals surface area (Å²) in [6.07, 6.45) is 1.64. The molecular weight excluding hydrogens is 364 g/mol. The molecule has 1 atom stereocenters. The van der Waals surface area contributed by atoms with Crippen molar-refractivity contribution in [2.75, 3.05) is 32.5 Å². The highest BCUT2D eigenvalue weighted by atomic mass is 16.2. The third-order valence-corrected chi connectivity index (χ3v) is 5.22. The molecule has 1 aliphatic heterocycles. The number of carbonyl (C=O) groups excluding carboxylic acids is 2. The van der Waals surface area contributed by atoms with E-state index in [0.29, 0.717) is 19.6 Å². The van der Waals surface area contributed by atoms with Crippen molar-refractivity contribution in [3.63, 3.8) is 0 Å². The number of rotatable bonds is 6. The zero-order valence-corrected chi connectivity index (χ0v) is 17.3. The molecule has 0 aliphatic carbocycles. The second-order valence-electron chi connectivity index (χ2n) is 7.95. The van der Waals surface area contributed by atoms with Gasteiger partial charge in [0.05, 0.1) is 20.0 Å². The maximum atomic E-state index is 12.8. The monoisotopic (exact) mass is 395 g/mol. The van der Waals surface area contributed by atoms with Crippen LogP contribution in [0.2, 0.25) is 0 Å². The van der Waals surface area contributed by atoms with Crippen LogP contribution < -0.4 is 15.5 Å². The topological polar surface area (TPSA) is 65.9 Å². The predicted octanol–water partition coefficient (Wildman–Crippen LogP) is 1.89. The van der Waals surface area contributed by atoms with E-state index in [1.54, 1.807) is 4.90 Å². The van der Waals surface area contributed by atoms with Gasteiger partial charge in [-0.25, -0.2) is 4.79 Å². The quantitative estimate of drug-likeness (QED) is 0.699. The van der Waals surface area contributed by atoms with E-state index in [1.807, 2.05) is 42.5 Å². The molecule has 0 saturated carbocycles. The summed E-state index contributed by atoms with van der Waals surface area (Å²) in [4.78, 5) is 28.4. The Morgan fingerprint density at radius 2 is 1.72 bits per heavy atom. The van der Waals surface area contributed by atoms with Crippen molar-refractivity contribution in [2.24, 2.45) is 5.92 Å². The summed E-state index contributed by atoms with van der Waals surface area (Å²) in [7, 11) is 4.24. The maximum absolute atomic E-state index is 12.8. The number of carbonyl (C=O) groups is 2. The number of amides is 3. The fourth-order valence-electron chi connectivity index (χ4n) is 3.71. The van der Waals surface area contributed by atoms with Crippen LogP contribution in [0, 0.1) is 5.92 Å². The van der Waals surface area contributed by atoms with E-state index in [1.165, 1.54) is 10.5 Å². The van der Waals surface area contributed by atoms with Gasteiger partial charge in [-0.3, -0.25) is 4.79 Å². The normalized spacial score (nSPS) is 16.5. The second kappa shape index (κ2) is 10.1. The number of likely N-dealkylation sites (tertiary alicyclic amines) is 1. The van der Waals surface area contributed by atoms with E-state index in [2.05, 4.69) is 36.9 Å². The van der Waals surface area contributed by atoms with Crippen molar-refractivity contribution in [3.05, 3.63) is 65.7 Å². The molecular formula is C23H31N4O2+. The standard InChI is InChI=1S/C23H30N4O2/c1-26(2)16-19-10-7-6-9-18(19)15-24-22(28)20-11-8-14-27(17-20)23(29)25-21-12-4-3-5-13-21/h3-7,9-10,12-13,20H,8,11,14-17H2,1-2H3,(H,24,28)(H,25,29)/p+1/t20-/m0/s1. The zero-order chi connectivity index (χ0) is 20.6. The molecule has 29 heavy (non-hydrogen) atoms. The molecule has 2 aromatic rings. The molecule has 6 heteroatoms. The lowest BCUT2D eigenvalue weighted by Crippen LogP contribution is -3.04. The SMILES string of the molecule is C[NH+](C)Cc1ccccc1CNC(=O)[C@H]1CCCN(C(=O)Nc2ccccc2)C1. The van der Waals surface area contributed by atoms with E-state index in [4.69, 9.17) is 0 Å². The molecule has 3 rings (SSSR count). The number of nitrogens with zero attached hydrogens (tertiary/aromatic N) is 1. The van der Waals surface area contributed by atoms with Crippen LogP contribution >= 0.6 is 0 Å². The lowest BCUT2D eigenvalue weighted by atomic mass is 9.97. The zero-order valence-electron chi connectivity index (χ0n) is 17.3. The molecule has 1 fully saturated rings. The van der Waals surface area contributed by atoms with E-state index >= 15 is 0 Å². The minimum absolute atomic E-state index is 0.0224. The average molecular weight is 396 g/mol. The van der Waals surface area contributed by atoms with Gasteiger partial charge in [-0.1, -0.05) is 42.5 Å². The Kier molecular flexibility index (Phi) is 7.25. The number of hydrogen-bond acceptors (Lipinski definition) is 2. The van der Waals surface area contributed by atoms with Crippen molar-refractivity contribution < 1.29 is 14.5 Å². The van der Waals surface area contributed by atoms with E-state index in [9.17, 15) is 9.59 Å². The largest absolute Gasteiger partial charge is 0.352 e. The van der Waals surface area contributed by atoms with Crippen molar-refractivity contribution in [1.29, 1.82) is 0 Å². The van der Waals surface area contributed by atoms with Crippen LogP contribution in [0.25, 0.3) is 0 Å². The Bertz CT molecular complexity index is 823. The average Bonchev–Trinajstić information content (AvgIpc) is 2.73. The molecule has 3 N–H and O–H groups in total. The summed E-state index contributed by atoms with van der Waals surface area (Å²) >= 11 is 0. The Hall–Kier alpha value is -2.86. The van der Waals surface area contributed by atoms with Crippen LogP contribution in [0.15, 0.2) is 54.6 Å². The van der Waals surface area contributed by atoms with Crippen LogP contribution in [-0.2, 0) is 17.9 Å². The number of anilines is 1. The summed E-state index contributed by atoms with van der Waals surface area (Å²) in [6.45, 7) is 2.57. The van der Waals surface area contributed by atoms with Crippen molar-refractivity contribution >= 4 is 17.6 Å². The Labute approximate surface area is 172 Å². The summed E-state index contributed by atoms with van der Waals surface area (Å²) in [5.74, 6) is -0.147. The van der Waals surface area contributed by atoms with Gasteiger partial charge in [-0.15, -0.1) is 0 Å². The first-order valence-corrected chi connectivity index (χ1v) is 10.3. The summed E-state index contributed by atoms with van der Waals surface area (Å²) < 4.78 is 0. The first kappa shape index (κ1) is 20.9. The smallest absolute Gasteiger partial charge is 0.321 e. The summed E-state index contributed by atoms with van der Waals surface area (Å²) in [5, 5.41) is 5.99. The number of benzene rings is 2. The van der Waals surface area contributed by atoms with Gasteiger partial charge in [0, 0.05) is 30.9 Å². The molecule has 0 unspecified atom stereocenters. The highest BCUT2D eigenvalue weighted by molar-refractivity contribution is 5.90. The van der Waals surface area contributed by atoms with Gasteiger partial charge in [0.25, 0.3) is 0 Å². The Balaban J connectivity index is 1.54. The van der Waals surface area contributed by atoms with E-state index in [0.717, 1.165) is 30.6 Å². The number of para-hydroxylation sites is 1. The Morgan fingerprint density at radius 3 is 2.45 bits per heavy atom. The second-order valence-corrected chi connectivity index (χ2v) is 7.95. The third kappa shape index (κ3) is 6.06. The van der Waals surface area contributed by atoms with Crippen LogP contribution in [-0.4, -0.2) is 44.0 Å². The summed E-state index contributed by atoms with van der Waals surface area (Å²) in [6, 6.07) is 17.5. The summed E-state index contributed by atoms with van der Waals surface area (Å²) in [5.41, 5.74) is 3.17. The minimum Gasteiger partial charge on any atom is -0.352 e. The van der Waals surface area contributed by atoms with Gasteiger partial charge in [0.2, 0.25) is 5.91 Å². The molecule has 0 bridgehead atoms. The van der Waals surface area contributed by atoms with Crippen LogP contribution in [0.3, 0.4) is 0 Å². The molecule has 6 nitrogen and oxygen atoms in total. The lowest BCUT2D eigenvalue weighted by molar-refractivity contribution is -0.872. The highest BCUT2D eigenvalue weighted by Crippen LogP contribution is 2.18. The highest BCUT2D eigenvalue weighted by Gasteiger charge is 2.28. The molecule has 0 spiro atoms. The van der Waals surface area contributed by atoms with Gasteiger partial charge in [0.1, 0.15) is 6.54 Å². The van der Waals surface area contributed by atoms with Gasteiger partial charge >= 0.3 is 6.03 Å². The molecule has 154 valence electrons. The molecule has 3 amide bonds. The van der Waals surface area contributed by atoms with Gasteiger partial charge < -0.3 is 20.4 Å². The van der Waals surface area contributed by atoms with Crippen LogP contribution in [0.5, 0.6) is 0 Å². The number of urea groups is 1. The molecule has 2 aromatic carbocycles. The van der Waals surface area contributed by atoms with E-state index < -0.39 is 0 Å². The van der Waals surface area contributed by atoms with E-state index in [-0.39, 0.29) is 17.9 Å². The van der Waals surface area contributed by atoms with Gasteiger partial charge in [-0.2, -0.15) is 0 Å². The predicted molar refractivity (Wildman–Crippen MR) is 115 cm³/mol. The molecule has 0 radical (unpaired) electrons. The molecule has 1 aliphatic rings. The first-order chi connectivity index (χ1) is 14.0. The number of piperidine rings is 1. The molecule has 0 aromatic heterocycles. The number of nitrogens with one attached hydrogen (secondary N) is 3. The third-order valence-electron chi connectivity index (χ3n) is 5.22. The number of hydrogen-bond donors (Lipinski definition) is 3. The van der Waals surface area contributed by atoms with Crippen LogP contribution in [0.4, 0.5) is 10.5 Å². The maximum Gasteiger partial charge on any atom is 0.321 e. The van der Waals surface area contributed by atoms with Crippen LogP contribution in [0.1, 0.15) is 24.0 Å². The Morgan fingerprint density at radius 1 is 1.03 bits per heavy atom. The van der Waals surface area contributed by atoms with Gasteiger partial charge in [0.15, 0.2) is 0 Å². The minimum atomic E-state index is -0.170. The first-order valence-electron chi connectivity index (χ1n) is 10.3. The van der Waals surface area contributed by atoms with Gasteiger partial charge in [-0.05, 0) is 30.5 Å². The van der Waals surface area contributed by atoms with Crippen molar-refractivity contribution in [1.82, 2.24) is 10.2 Å².